The molecule has 0 saturated heterocycles. The maximum absolute atomic E-state index is 13.0. The maximum atomic E-state index is 13.0. The van der Waals surface area contributed by atoms with Crippen LogP contribution >= 0.6 is 0 Å². The van der Waals surface area contributed by atoms with Gasteiger partial charge in [0, 0.05) is 37.6 Å². The molecule has 3 rings (SSSR count). The summed E-state index contributed by atoms with van der Waals surface area (Å²) in [7, 11) is -3.32. The second kappa shape index (κ2) is 7.76. The predicted octanol–water partition coefficient (Wildman–Crippen LogP) is 1.96. The summed E-state index contributed by atoms with van der Waals surface area (Å²) in [6, 6.07) is 10.8. The fourth-order valence-corrected chi connectivity index (χ4v) is 4.14. The number of hydrogen-bond acceptors (Lipinski definition) is 5. The van der Waals surface area contributed by atoms with E-state index in [0.29, 0.717) is 37.3 Å². The van der Waals surface area contributed by atoms with Crippen molar-refractivity contribution in [3.63, 3.8) is 0 Å². The van der Waals surface area contributed by atoms with Crippen LogP contribution in [0.1, 0.15) is 27.9 Å². The van der Waals surface area contributed by atoms with E-state index in [9.17, 15) is 13.2 Å². The number of nitriles is 1. The van der Waals surface area contributed by atoms with Crippen LogP contribution in [0.5, 0.6) is 0 Å². The minimum atomic E-state index is -3.32. The SMILES string of the molecule is CS(=O)(=O)N1CCc2cc(C(=O)N(CCC#N)Cc3cccnc3)ccc21. The van der Waals surface area contributed by atoms with E-state index < -0.39 is 10.0 Å². The average Bonchev–Trinajstić information content (AvgIpc) is 3.09. The van der Waals surface area contributed by atoms with Crippen molar-refractivity contribution in [1.29, 1.82) is 5.26 Å². The van der Waals surface area contributed by atoms with E-state index >= 15 is 0 Å². The van der Waals surface area contributed by atoms with Gasteiger partial charge in [0.1, 0.15) is 0 Å². The molecule has 1 aliphatic rings. The number of fused-ring (bicyclic) bond motifs is 1. The van der Waals surface area contributed by atoms with Crippen LogP contribution in [-0.4, -0.2) is 43.6 Å². The van der Waals surface area contributed by atoms with Crippen LogP contribution in [-0.2, 0) is 23.0 Å². The zero-order chi connectivity index (χ0) is 19.4. The lowest BCUT2D eigenvalue weighted by molar-refractivity contribution is 0.0746. The van der Waals surface area contributed by atoms with E-state index in [1.807, 2.05) is 6.07 Å². The van der Waals surface area contributed by atoms with Crippen LogP contribution in [0.2, 0.25) is 0 Å². The summed E-state index contributed by atoms with van der Waals surface area (Å²) in [4.78, 5) is 18.7. The predicted molar refractivity (Wildman–Crippen MR) is 102 cm³/mol. The van der Waals surface area contributed by atoms with Gasteiger partial charge in [0.05, 0.1) is 24.4 Å². The van der Waals surface area contributed by atoms with Gasteiger partial charge in [-0.3, -0.25) is 14.1 Å². The van der Waals surface area contributed by atoms with E-state index in [1.54, 1.807) is 41.6 Å². The van der Waals surface area contributed by atoms with Crippen LogP contribution in [0.25, 0.3) is 0 Å². The number of nitrogens with zero attached hydrogens (tertiary/aromatic N) is 4. The first-order valence-corrected chi connectivity index (χ1v) is 10.4. The molecule has 1 aromatic carbocycles. The minimum absolute atomic E-state index is 0.185. The molecule has 7 nitrogen and oxygen atoms in total. The Hall–Kier alpha value is -2.92. The van der Waals surface area contributed by atoms with Crippen molar-refractivity contribution < 1.29 is 13.2 Å². The standard InChI is InChI=1S/C19H20N4O3S/c1-27(25,26)23-11-7-16-12-17(5-6-18(16)23)19(24)22(10-3-8-20)14-15-4-2-9-21-13-15/h2,4-6,9,12-13H,3,7,10-11,14H2,1H3. The van der Waals surface area contributed by atoms with Crippen molar-refractivity contribution in [3.8, 4) is 6.07 Å². The quantitative estimate of drug-likeness (QED) is 0.759. The molecule has 0 saturated carbocycles. The number of aromatic nitrogens is 1. The molecule has 0 spiro atoms. The molecular formula is C19H20N4O3S. The van der Waals surface area contributed by atoms with Gasteiger partial charge >= 0.3 is 0 Å². The maximum Gasteiger partial charge on any atom is 0.254 e. The minimum Gasteiger partial charge on any atom is -0.333 e. The van der Waals surface area contributed by atoms with Crippen LogP contribution in [0, 0.1) is 11.3 Å². The molecule has 0 fully saturated rings. The molecule has 1 aromatic heterocycles. The van der Waals surface area contributed by atoms with Crippen molar-refractivity contribution in [2.75, 3.05) is 23.7 Å². The molecule has 0 radical (unpaired) electrons. The molecule has 27 heavy (non-hydrogen) atoms. The van der Waals surface area contributed by atoms with E-state index in [4.69, 9.17) is 5.26 Å². The van der Waals surface area contributed by atoms with Crippen molar-refractivity contribution in [2.24, 2.45) is 0 Å². The third-order valence-corrected chi connectivity index (χ3v) is 5.64. The van der Waals surface area contributed by atoms with Gasteiger partial charge in [0.15, 0.2) is 0 Å². The largest absolute Gasteiger partial charge is 0.333 e. The highest BCUT2D eigenvalue weighted by Crippen LogP contribution is 2.31. The molecule has 0 atom stereocenters. The van der Waals surface area contributed by atoms with Crippen LogP contribution < -0.4 is 4.31 Å². The Morgan fingerprint density at radius 1 is 1.37 bits per heavy atom. The van der Waals surface area contributed by atoms with Crippen LogP contribution in [0.4, 0.5) is 5.69 Å². The lowest BCUT2D eigenvalue weighted by Gasteiger charge is -2.22. The molecule has 1 aliphatic heterocycles. The fourth-order valence-electron chi connectivity index (χ4n) is 3.18. The Bertz CT molecular complexity index is 984. The molecule has 0 unspecified atom stereocenters. The number of rotatable bonds is 6. The highest BCUT2D eigenvalue weighted by molar-refractivity contribution is 7.92. The third-order valence-electron chi connectivity index (χ3n) is 4.46. The highest BCUT2D eigenvalue weighted by atomic mass is 32.2. The fraction of sp³-hybridized carbons (Fsp3) is 0.316. The van der Waals surface area contributed by atoms with Gasteiger partial charge in [-0.1, -0.05) is 6.07 Å². The topological polar surface area (TPSA) is 94.4 Å². The number of carbonyl (C=O) groups is 1. The summed E-state index contributed by atoms with van der Waals surface area (Å²) < 4.78 is 25.1. The first-order valence-electron chi connectivity index (χ1n) is 8.56. The molecule has 0 bridgehead atoms. The normalized spacial score (nSPS) is 13.1. The number of sulfonamides is 1. The number of hydrogen-bond donors (Lipinski definition) is 0. The monoisotopic (exact) mass is 384 g/mol. The van der Waals surface area contributed by atoms with Crippen molar-refractivity contribution >= 4 is 21.6 Å². The average molecular weight is 384 g/mol. The van der Waals surface area contributed by atoms with E-state index in [1.165, 1.54) is 10.6 Å². The molecular weight excluding hydrogens is 364 g/mol. The Kier molecular flexibility index (Phi) is 5.42. The smallest absolute Gasteiger partial charge is 0.254 e. The molecule has 2 heterocycles. The van der Waals surface area contributed by atoms with Crippen molar-refractivity contribution in [3.05, 3.63) is 59.4 Å². The lowest BCUT2D eigenvalue weighted by Crippen LogP contribution is -2.31. The van der Waals surface area contributed by atoms with Gasteiger partial charge < -0.3 is 4.90 Å². The number of carbonyl (C=O) groups excluding carboxylic acids is 1. The van der Waals surface area contributed by atoms with Crippen molar-refractivity contribution in [2.45, 2.75) is 19.4 Å². The second-order valence-corrected chi connectivity index (χ2v) is 8.33. The van der Waals surface area contributed by atoms with Gasteiger partial charge in [0.25, 0.3) is 5.91 Å². The van der Waals surface area contributed by atoms with Gasteiger partial charge in [0.2, 0.25) is 10.0 Å². The molecule has 0 aliphatic carbocycles. The van der Waals surface area contributed by atoms with Gasteiger partial charge in [-0.15, -0.1) is 0 Å². The second-order valence-electron chi connectivity index (χ2n) is 6.42. The number of benzene rings is 1. The third kappa shape index (κ3) is 4.26. The Morgan fingerprint density at radius 2 is 2.19 bits per heavy atom. The Morgan fingerprint density at radius 3 is 2.85 bits per heavy atom. The summed E-state index contributed by atoms with van der Waals surface area (Å²) in [5.41, 5.74) is 2.84. The molecule has 140 valence electrons. The van der Waals surface area contributed by atoms with Gasteiger partial charge in [-0.05, 0) is 41.8 Å². The summed E-state index contributed by atoms with van der Waals surface area (Å²) >= 11 is 0. The number of amides is 1. The molecule has 0 N–H and O–H groups in total. The first kappa shape index (κ1) is 18.9. The summed E-state index contributed by atoms with van der Waals surface area (Å²) in [5.74, 6) is -0.185. The van der Waals surface area contributed by atoms with Gasteiger partial charge in [-0.2, -0.15) is 5.26 Å². The Labute approximate surface area is 158 Å². The first-order chi connectivity index (χ1) is 12.9. The number of anilines is 1. The van der Waals surface area contributed by atoms with Crippen LogP contribution in [0.3, 0.4) is 0 Å². The zero-order valence-electron chi connectivity index (χ0n) is 15.0. The Balaban J connectivity index is 1.85. The lowest BCUT2D eigenvalue weighted by atomic mass is 10.1. The molecule has 8 heteroatoms. The number of pyridine rings is 1. The summed E-state index contributed by atoms with van der Waals surface area (Å²) in [6.45, 7) is 1.07. The van der Waals surface area contributed by atoms with E-state index in [-0.39, 0.29) is 12.3 Å². The molecule has 1 amide bonds. The van der Waals surface area contributed by atoms with Crippen molar-refractivity contribution in [1.82, 2.24) is 9.88 Å². The summed E-state index contributed by atoms with van der Waals surface area (Å²) in [6.07, 6.45) is 5.35. The van der Waals surface area contributed by atoms with E-state index in [2.05, 4.69) is 11.1 Å². The summed E-state index contributed by atoms with van der Waals surface area (Å²) in [5, 5.41) is 8.90. The highest BCUT2D eigenvalue weighted by Gasteiger charge is 2.27. The van der Waals surface area contributed by atoms with Crippen LogP contribution in [0.15, 0.2) is 42.7 Å². The molecule has 2 aromatic rings. The zero-order valence-corrected chi connectivity index (χ0v) is 15.8. The van der Waals surface area contributed by atoms with E-state index in [0.717, 1.165) is 11.1 Å². The van der Waals surface area contributed by atoms with Gasteiger partial charge in [-0.25, -0.2) is 8.42 Å².